The van der Waals surface area contributed by atoms with Crippen molar-refractivity contribution in [3.05, 3.63) is 36.9 Å². The molecule has 0 aliphatic carbocycles. The van der Waals surface area contributed by atoms with Crippen LogP contribution < -0.4 is 15.4 Å². The lowest BCUT2D eigenvalue weighted by Crippen LogP contribution is -2.46. The van der Waals surface area contributed by atoms with Crippen molar-refractivity contribution in [3.63, 3.8) is 0 Å². The summed E-state index contributed by atoms with van der Waals surface area (Å²) < 4.78 is 5.66. The molecule has 0 spiro atoms. The lowest BCUT2D eigenvalue weighted by atomic mass is 10.1. The fourth-order valence-electron chi connectivity index (χ4n) is 1.93. The summed E-state index contributed by atoms with van der Waals surface area (Å²) in [6.45, 7) is 4.59. The number of hydrogen-bond acceptors (Lipinski definition) is 3. The highest BCUT2D eigenvalue weighted by molar-refractivity contribution is 6.00. The van der Waals surface area contributed by atoms with E-state index in [-0.39, 0.29) is 5.91 Å². The number of carbonyl (C=O) groups is 1. The molecule has 1 amide bonds. The third-order valence-electron chi connectivity index (χ3n) is 2.71. The predicted octanol–water partition coefficient (Wildman–Crippen LogP) is 1.32. The Morgan fingerprint density at radius 1 is 1.47 bits per heavy atom. The molecule has 90 valence electrons. The second-order valence-corrected chi connectivity index (χ2v) is 3.89. The molecule has 1 aromatic rings. The molecule has 1 aromatic carbocycles. The summed E-state index contributed by atoms with van der Waals surface area (Å²) in [5.74, 6) is 0.682. The molecule has 1 atom stereocenters. The maximum absolute atomic E-state index is 12.2. The molecule has 1 aliphatic rings. The molecule has 1 unspecified atom stereocenters. The highest BCUT2D eigenvalue weighted by Crippen LogP contribution is 2.34. The van der Waals surface area contributed by atoms with E-state index in [4.69, 9.17) is 10.5 Å². The standard InChI is InChI=1S/C13H16N2O2/c1-2-9-15-10-5-3-4-6-11(10)17-12(7-8-14)13(15)16/h2-6,12H,1,7-9,14H2. The Kier molecular flexibility index (Phi) is 3.44. The van der Waals surface area contributed by atoms with Gasteiger partial charge in [-0.1, -0.05) is 18.2 Å². The van der Waals surface area contributed by atoms with Gasteiger partial charge in [-0.3, -0.25) is 4.79 Å². The smallest absolute Gasteiger partial charge is 0.268 e. The monoisotopic (exact) mass is 232 g/mol. The van der Waals surface area contributed by atoms with Crippen LogP contribution in [0.5, 0.6) is 5.75 Å². The fourth-order valence-corrected chi connectivity index (χ4v) is 1.93. The Hall–Kier alpha value is -1.81. The van der Waals surface area contributed by atoms with Crippen molar-refractivity contribution in [2.75, 3.05) is 18.0 Å². The van der Waals surface area contributed by atoms with Gasteiger partial charge in [-0.05, 0) is 18.7 Å². The molecule has 1 heterocycles. The number of para-hydroxylation sites is 2. The van der Waals surface area contributed by atoms with E-state index in [1.165, 1.54) is 0 Å². The number of nitrogens with zero attached hydrogens (tertiary/aromatic N) is 1. The third kappa shape index (κ3) is 2.17. The minimum Gasteiger partial charge on any atom is -0.478 e. The summed E-state index contributed by atoms with van der Waals surface area (Å²) in [4.78, 5) is 13.9. The van der Waals surface area contributed by atoms with E-state index in [2.05, 4.69) is 6.58 Å². The van der Waals surface area contributed by atoms with Crippen LogP contribution in [0.15, 0.2) is 36.9 Å². The second kappa shape index (κ2) is 5.01. The normalized spacial score (nSPS) is 18.5. The van der Waals surface area contributed by atoms with Crippen molar-refractivity contribution in [2.24, 2.45) is 5.73 Å². The number of amides is 1. The summed E-state index contributed by atoms with van der Waals surface area (Å²) in [6.07, 6.45) is 1.76. The molecule has 1 aliphatic heterocycles. The number of hydrogen-bond donors (Lipinski definition) is 1. The number of nitrogens with two attached hydrogens (primary N) is 1. The average Bonchev–Trinajstić information content (AvgIpc) is 2.35. The Labute approximate surface area is 101 Å². The van der Waals surface area contributed by atoms with Gasteiger partial charge in [0.1, 0.15) is 5.75 Å². The molecular weight excluding hydrogens is 216 g/mol. The molecule has 0 aromatic heterocycles. The summed E-state index contributed by atoms with van der Waals surface area (Å²) in [7, 11) is 0. The number of ether oxygens (including phenoxy) is 1. The van der Waals surface area contributed by atoms with Crippen molar-refractivity contribution in [1.82, 2.24) is 0 Å². The Morgan fingerprint density at radius 2 is 2.24 bits per heavy atom. The van der Waals surface area contributed by atoms with E-state index < -0.39 is 6.10 Å². The first-order chi connectivity index (χ1) is 8.27. The maximum atomic E-state index is 12.2. The highest BCUT2D eigenvalue weighted by Gasteiger charge is 2.32. The van der Waals surface area contributed by atoms with Gasteiger partial charge in [-0.25, -0.2) is 0 Å². The van der Waals surface area contributed by atoms with E-state index in [1.54, 1.807) is 11.0 Å². The summed E-state index contributed by atoms with van der Waals surface area (Å²) in [6, 6.07) is 7.51. The molecule has 0 saturated carbocycles. The second-order valence-electron chi connectivity index (χ2n) is 3.89. The fraction of sp³-hybridized carbons (Fsp3) is 0.308. The van der Waals surface area contributed by atoms with Crippen LogP contribution in [0.25, 0.3) is 0 Å². The van der Waals surface area contributed by atoms with Crippen LogP contribution in [-0.4, -0.2) is 25.1 Å². The number of anilines is 1. The Morgan fingerprint density at radius 3 is 2.94 bits per heavy atom. The first kappa shape index (κ1) is 11.7. The quantitative estimate of drug-likeness (QED) is 0.796. The first-order valence-electron chi connectivity index (χ1n) is 5.66. The molecule has 4 nitrogen and oxygen atoms in total. The van der Waals surface area contributed by atoms with Gasteiger partial charge < -0.3 is 15.4 Å². The molecule has 0 fully saturated rings. The Bertz CT molecular complexity index is 431. The molecule has 4 heteroatoms. The van der Waals surface area contributed by atoms with Crippen molar-refractivity contribution in [1.29, 1.82) is 0 Å². The van der Waals surface area contributed by atoms with Crippen LogP contribution in [0.4, 0.5) is 5.69 Å². The van der Waals surface area contributed by atoms with Crippen LogP contribution in [0.3, 0.4) is 0 Å². The number of rotatable bonds is 4. The molecule has 0 radical (unpaired) electrons. The van der Waals surface area contributed by atoms with Crippen LogP contribution in [0, 0.1) is 0 Å². The number of benzene rings is 1. The molecule has 2 N–H and O–H groups in total. The van der Waals surface area contributed by atoms with E-state index in [0.29, 0.717) is 19.5 Å². The minimum atomic E-state index is -0.477. The largest absolute Gasteiger partial charge is 0.478 e. The lowest BCUT2D eigenvalue weighted by Gasteiger charge is -2.33. The van der Waals surface area contributed by atoms with Crippen LogP contribution in [0.2, 0.25) is 0 Å². The van der Waals surface area contributed by atoms with Gasteiger partial charge in [0.05, 0.1) is 5.69 Å². The van der Waals surface area contributed by atoms with Gasteiger partial charge in [0.2, 0.25) is 0 Å². The van der Waals surface area contributed by atoms with Gasteiger partial charge in [0.15, 0.2) is 6.10 Å². The molecule has 0 bridgehead atoms. The lowest BCUT2D eigenvalue weighted by molar-refractivity contribution is -0.126. The zero-order chi connectivity index (χ0) is 12.3. The molecular formula is C13H16N2O2. The first-order valence-corrected chi connectivity index (χ1v) is 5.66. The maximum Gasteiger partial charge on any atom is 0.268 e. The van der Waals surface area contributed by atoms with Crippen molar-refractivity contribution in [2.45, 2.75) is 12.5 Å². The predicted molar refractivity (Wildman–Crippen MR) is 67.1 cm³/mol. The summed E-state index contributed by atoms with van der Waals surface area (Å²) in [5.41, 5.74) is 6.29. The van der Waals surface area contributed by atoms with E-state index >= 15 is 0 Å². The zero-order valence-corrected chi connectivity index (χ0v) is 9.63. The van der Waals surface area contributed by atoms with Crippen LogP contribution >= 0.6 is 0 Å². The number of carbonyl (C=O) groups excluding carboxylic acids is 1. The van der Waals surface area contributed by atoms with Crippen LogP contribution in [0.1, 0.15) is 6.42 Å². The average molecular weight is 232 g/mol. The number of fused-ring (bicyclic) bond motifs is 1. The van der Waals surface area contributed by atoms with Crippen LogP contribution in [-0.2, 0) is 4.79 Å². The highest BCUT2D eigenvalue weighted by atomic mass is 16.5. The van der Waals surface area contributed by atoms with Crippen molar-refractivity contribution in [3.8, 4) is 5.75 Å². The van der Waals surface area contributed by atoms with E-state index in [9.17, 15) is 4.79 Å². The van der Waals surface area contributed by atoms with E-state index in [0.717, 1.165) is 11.4 Å². The topological polar surface area (TPSA) is 55.6 Å². The molecule has 17 heavy (non-hydrogen) atoms. The molecule has 0 saturated heterocycles. The van der Waals surface area contributed by atoms with E-state index in [1.807, 2.05) is 24.3 Å². The third-order valence-corrected chi connectivity index (χ3v) is 2.71. The Balaban J connectivity index is 2.35. The zero-order valence-electron chi connectivity index (χ0n) is 9.63. The minimum absolute atomic E-state index is 0.0472. The molecule has 2 rings (SSSR count). The van der Waals surface area contributed by atoms with Gasteiger partial charge in [0.25, 0.3) is 5.91 Å². The summed E-state index contributed by atoms with van der Waals surface area (Å²) >= 11 is 0. The van der Waals surface area contributed by atoms with Gasteiger partial charge >= 0.3 is 0 Å². The van der Waals surface area contributed by atoms with Crippen molar-refractivity contribution >= 4 is 11.6 Å². The SMILES string of the molecule is C=CCN1C(=O)C(CCN)Oc2ccccc21. The van der Waals surface area contributed by atoms with Crippen molar-refractivity contribution < 1.29 is 9.53 Å². The van der Waals surface area contributed by atoms with Gasteiger partial charge in [-0.2, -0.15) is 0 Å². The van der Waals surface area contributed by atoms with Gasteiger partial charge in [0, 0.05) is 13.0 Å². The summed E-state index contributed by atoms with van der Waals surface area (Å²) in [5, 5.41) is 0. The van der Waals surface area contributed by atoms with Gasteiger partial charge in [-0.15, -0.1) is 6.58 Å².